The van der Waals surface area contributed by atoms with Gasteiger partial charge in [-0.25, -0.2) is 4.79 Å². The van der Waals surface area contributed by atoms with E-state index in [0.29, 0.717) is 43.4 Å². The van der Waals surface area contributed by atoms with Crippen molar-refractivity contribution >= 4 is 34.5 Å². The summed E-state index contributed by atoms with van der Waals surface area (Å²) in [6, 6.07) is 7.67. The summed E-state index contributed by atoms with van der Waals surface area (Å²) < 4.78 is 14.0. The second-order valence-corrected chi connectivity index (χ2v) is 12.4. The molecule has 2 fully saturated rings. The van der Waals surface area contributed by atoms with Crippen LogP contribution in [0.1, 0.15) is 67.9 Å². The normalized spacial score (nSPS) is 20.6. The second-order valence-electron chi connectivity index (χ2n) is 11.9. The molecule has 8 nitrogen and oxygen atoms in total. The average molecular weight is 551 g/mol. The smallest absolute Gasteiger partial charge is 0.410 e. The number of benzene rings is 1. The third-order valence-electron chi connectivity index (χ3n) is 8.25. The highest BCUT2D eigenvalue weighted by Crippen LogP contribution is 2.44. The average Bonchev–Trinajstić information content (AvgIpc) is 3.60. The van der Waals surface area contributed by atoms with Gasteiger partial charge < -0.3 is 23.8 Å². The Kier molecular flexibility index (Phi) is 6.58. The zero-order chi connectivity index (χ0) is 27.4. The maximum absolute atomic E-state index is 13.9. The molecule has 5 heterocycles. The maximum atomic E-state index is 13.9. The Morgan fingerprint density at radius 1 is 1.18 bits per heavy atom. The number of nitrogens with zero attached hydrogens (tertiary/aromatic N) is 4. The Balaban J connectivity index is 1.23. The molecule has 2 amide bonds. The third-order valence-corrected chi connectivity index (χ3v) is 8.49. The summed E-state index contributed by atoms with van der Waals surface area (Å²) in [5.41, 5.74) is 3.01. The number of hydrogen-bond donors (Lipinski definition) is 0. The summed E-state index contributed by atoms with van der Waals surface area (Å²) in [7, 11) is 0. The number of carbonyl (C=O) groups is 2. The van der Waals surface area contributed by atoms with Crippen molar-refractivity contribution in [3.63, 3.8) is 0 Å². The van der Waals surface area contributed by atoms with E-state index in [1.54, 1.807) is 6.20 Å². The molecule has 0 aliphatic carbocycles. The van der Waals surface area contributed by atoms with Crippen molar-refractivity contribution in [3.8, 4) is 0 Å². The highest BCUT2D eigenvalue weighted by atomic mass is 35.5. The molecule has 0 radical (unpaired) electrons. The van der Waals surface area contributed by atoms with Crippen molar-refractivity contribution in [1.29, 1.82) is 0 Å². The molecular formula is C30H35ClN4O4. The van der Waals surface area contributed by atoms with Crippen LogP contribution in [-0.4, -0.2) is 62.6 Å². The summed E-state index contributed by atoms with van der Waals surface area (Å²) in [5.74, 6) is 0.00995. The van der Waals surface area contributed by atoms with Crippen LogP contribution in [-0.2, 0) is 28.2 Å². The van der Waals surface area contributed by atoms with Crippen LogP contribution in [0.4, 0.5) is 4.79 Å². The number of ether oxygens (including phenoxy) is 2. The van der Waals surface area contributed by atoms with Gasteiger partial charge in [-0.2, -0.15) is 0 Å². The summed E-state index contributed by atoms with van der Waals surface area (Å²) in [6.07, 6.45) is 8.66. The van der Waals surface area contributed by atoms with Gasteiger partial charge in [-0.15, -0.1) is 0 Å². The van der Waals surface area contributed by atoms with Gasteiger partial charge in [-0.1, -0.05) is 17.7 Å². The Morgan fingerprint density at radius 2 is 1.97 bits per heavy atom. The topological polar surface area (TPSA) is 76.9 Å². The predicted octanol–water partition coefficient (Wildman–Crippen LogP) is 5.75. The standard InChI is InChI=1S/C30H35ClN4O4/c1-29(2,3)39-28(37)35-12-4-5-22(35)17-34-18-24(23-7-6-21(31)15-26(23)34)27(36)33-13-9-30(10-14-33)25-16-32-11-8-20(25)19-38-30/h6-8,11,15-16,18,22H,4-5,9-10,12-14,17,19H2,1-3H3/t22-/m0/s1. The van der Waals surface area contributed by atoms with Gasteiger partial charge in [0.05, 0.1) is 29.3 Å². The third kappa shape index (κ3) is 4.89. The summed E-state index contributed by atoms with van der Waals surface area (Å²) in [5, 5.41) is 1.49. The molecule has 6 rings (SSSR count). The van der Waals surface area contributed by atoms with E-state index in [-0.39, 0.29) is 23.6 Å². The van der Waals surface area contributed by atoms with Gasteiger partial charge in [0.15, 0.2) is 0 Å². The largest absolute Gasteiger partial charge is 0.444 e. The van der Waals surface area contributed by atoms with Gasteiger partial charge in [-0.05, 0) is 70.2 Å². The summed E-state index contributed by atoms with van der Waals surface area (Å²) in [4.78, 5) is 34.8. The number of fused-ring (bicyclic) bond motifs is 3. The molecule has 2 saturated heterocycles. The van der Waals surface area contributed by atoms with Gasteiger partial charge in [0.25, 0.3) is 5.91 Å². The first-order valence-electron chi connectivity index (χ1n) is 13.8. The van der Waals surface area contributed by atoms with E-state index in [1.807, 2.05) is 67.2 Å². The van der Waals surface area contributed by atoms with Crippen molar-refractivity contribution in [2.45, 2.75) is 76.9 Å². The molecular weight excluding hydrogens is 516 g/mol. The fourth-order valence-electron chi connectivity index (χ4n) is 6.31. The van der Waals surface area contributed by atoms with Gasteiger partial charge >= 0.3 is 6.09 Å². The van der Waals surface area contributed by atoms with Crippen LogP contribution in [0.25, 0.3) is 10.9 Å². The minimum atomic E-state index is -0.549. The van der Waals surface area contributed by atoms with Crippen molar-refractivity contribution in [2.75, 3.05) is 19.6 Å². The van der Waals surface area contributed by atoms with E-state index in [0.717, 1.165) is 42.1 Å². The molecule has 2 aromatic heterocycles. The Bertz CT molecular complexity index is 1420. The van der Waals surface area contributed by atoms with Crippen molar-refractivity contribution in [3.05, 3.63) is 64.6 Å². The highest BCUT2D eigenvalue weighted by Gasteiger charge is 2.44. The van der Waals surface area contributed by atoms with Crippen LogP contribution in [0, 0.1) is 0 Å². The molecule has 3 aliphatic heterocycles. The number of likely N-dealkylation sites (tertiary alicyclic amines) is 2. The molecule has 0 bridgehead atoms. The minimum Gasteiger partial charge on any atom is -0.444 e. The quantitative estimate of drug-likeness (QED) is 0.415. The molecule has 3 aromatic rings. The van der Waals surface area contributed by atoms with E-state index in [2.05, 4.69) is 9.55 Å². The minimum absolute atomic E-state index is 0.00995. The number of halogens is 1. The van der Waals surface area contributed by atoms with Gasteiger partial charge in [0, 0.05) is 60.7 Å². The van der Waals surface area contributed by atoms with Gasteiger partial charge in [0.1, 0.15) is 5.60 Å². The fourth-order valence-corrected chi connectivity index (χ4v) is 6.47. The van der Waals surface area contributed by atoms with Crippen LogP contribution in [0.5, 0.6) is 0 Å². The zero-order valence-corrected chi connectivity index (χ0v) is 23.5. The molecule has 0 saturated carbocycles. The maximum Gasteiger partial charge on any atom is 0.410 e. The Hall–Kier alpha value is -3.10. The van der Waals surface area contributed by atoms with E-state index < -0.39 is 5.60 Å². The predicted molar refractivity (Wildman–Crippen MR) is 149 cm³/mol. The zero-order valence-electron chi connectivity index (χ0n) is 22.8. The van der Waals surface area contributed by atoms with E-state index in [1.165, 1.54) is 5.56 Å². The lowest BCUT2D eigenvalue weighted by Gasteiger charge is -2.39. The Morgan fingerprint density at radius 3 is 2.74 bits per heavy atom. The molecule has 3 aliphatic rings. The van der Waals surface area contributed by atoms with E-state index >= 15 is 0 Å². The van der Waals surface area contributed by atoms with Crippen LogP contribution in [0.15, 0.2) is 42.9 Å². The first-order chi connectivity index (χ1) is 18.6. The van der Waals surface area contributed by atoms with Crippen molar-refractivity contribution in [1.82, 2.24) is 19.4 Å². The number of aromatic nitrogens is 2. The first-order valence-corrected chi connectivity index (χ1v) is 14.2. The number of piperidine rings is 1. The number of pyridine rings is 1. The molecule has 39 heavy (non-hydrogen) atoms. The Labute approximate surface area is 233 Å². The number of hydrogen-bond acceptors (Lipinski definition) is 5. The van der Waals surface area contributed by atoms with Crippen LogP contribution < -0.4 is 0 Å². The number of rotatable bonds is 3. The molecule has 0 unspecified atom stereocenters. The van der Waals surface area contributed by atoms with Crippen LogP contribution in [0.3, 0.4) is 0 Å². The molecule has 206 valence electrons. The number of amides is 2. The van der Waals surface area contributed by atoms with E-state index in [4.69, 9.17) is 21.1 Å². The monoisotopic (exact) mass is 550 g/mol. The highest BCUT2D eigenvalue weighted by molar-refractivity contribution is 6.31. The molecule has 1 spiro atoms. The van der Waals surface area contributed by atoms with Crippen LogP contribution in [0.2, 0.25) is 5.02 Å². The summed E-state index contributed by atoms with van der Waals surface area (Å²) >= 11 is 6.39. The van der Waals surface area contributed by atoms with Crippen molar-refractivity contribution < 1.29 is 19.1 Å². The van der Waals surface area contributed by atoms with Gasteiger partial charge in [-0.3, -0.25) is 9.78 Å². The van der Waals surface area contributed by atoms with Gasteiger partial charge in [0.2, 0.25) is 0 Å². The molecule has 0 N–H and O–H groups in total. The number of carbonyl (C=O) groups excluding carboxylic acids is 2. The SMILES string of the molecule is CC(C)(C)OC(=O)N1CCC[C@H]1Cn1cc(C(=O)N2CCC3(CC2)OCc2ccncc23)c2ccc(Cl)cc21. The second kappa shape index (κ2) is 9.82. The summed E-state index contributed by atoms with van der Waals surface area (Å²) in [6.45, 7) is 8.71. The lowest BCUT2D eigenvalue weighted by molar-refractivity contribution is -0.0742. The first kappa shape index (κ1) is 26.1. The molecule has 1 atom stereocenters. The van der Waals surface area contributed by atoms with E-state index in [9.17, 15) is 9.59 Å². The van der Waals surface area contributed by atoms with Crippen LogP contribution >= 0.6 is 11.6 Å². The molecule has 9 heteroatoms. The molecule has 1 aromatic carbocycles. The lowest BCUT2D eigenvalue weighted by atomic mass is 9.84. The lowest BCUT2D eigenvalue weighted by Crippen LogP contribution is -2.45. The van der Waals surface area contributed by atoms with Crippen molar-refractivity contribution in [2.24, 2.45) is 0 Å². The fraction of sp³-hybridized carbons (Fsp3) is 0.500.